The van der Waals surface area contributed by atoms with E-state index in [1.54, 1.807) is 16.6 Å². The molecule has 0 aromatic heterocycles. The van der Waals surface area contributed by atoms with Crippen LogP contribution in [-0.2, 0) is 3.71 Å². The molecule has 0 saturated heterocycles. The zero-order valence-electron chi connectivity index (χ0n) is 2.46. The Hall–Kier alpha value is 0.477. The molecule has 0 aliphatic rings. The first-order valence-corrected chi connectivity index (χ1v) is 1.46. The third-order valence-corrected chi connectivity index (χ3v) is 0.365. The van der Waals surface area contributed by atoms with Gasteiger partial charge in [0.25, 0.3) is 0 Å². The van der Waals surface area contributed by atoms with E-state index >= 15 is 0 Å². The molecule has 0 rings (SSSR count). The third kappa shape index (κ3) is 4.48. The molecule has 0 amide bonds. The van der Waals surface area contributed by atoms with Crippen LogP contribution in [0.4, 0.5) is 0 Å². The predicted octanol–water partition coefficient (Wildman–Crippen LogP) is -1.94. The molecule has 0 spiro atoms. The van der Waals surface area contributed by atoms with Crippen molar-refractivity contribution in [2.75, 3.05) is 0 Å². The van der Waals surface area contributed by atoms with Gasteiger partial charge in [-0.25, -0.2) is 0 Å². The van der Waals surface area contributed by atoms with Gasteiger partial charge in [0, 0.05) is 0 Å². The molecule has 2 radical (unpaired) electrons. The average molecular weight is 87.8 g/mol. The Balaban J connectivity index is 2.54. The van der Waals surface area contributed by atoms with Gasteiger partial charge in [0.05, 0.1) is 0 Å². The van der Waals surface area contributed by atoms with E-state index in [9.17, 15) is 0 Å². The number of hydrogen-bond donors (Lipinski definition) is 2. The van der Waals surface area contributed by atoms with Crippen molar-refractivity contribution in [2.45, 2.75) is 0 Å². The van der Waals surface area contributed by atoms with Gasteiger partial charge in [-0.2, -0.15) is 0 Å². The fourth-order valence-corrected chi connectivity index (χ4v) is 0. The molecule has 26 valence electrons. The normalized spacial score (nSPS) is 7.60. The molecule has 0 aliphatic heterocycles. The van der Waals surface area contributed by atoms with E-state index in [0.29, 0.717) is 0 Å². The molecule has 0 atom stereocenters. The summed E-state index contributed by atoms with van der Waals surface area (Å²) in [5.41, 5.74) is 0. The summed E-state index contributed by atoms with van der Waals surface area (Å²) in [5.74, 6) is 0. The molecule has 0 aromatic carbocycles. The van der Waals surface area contributed by atoms with Gasteiger partial charge in [-0.15, -0.1) is 0 Å². The van der Waals surface area contributed by atoms with Crippen LogP contribution < -0.4 is 0 Å². The van der Waals surface area contributed by atoms with Gasteiger partial charge >= 0.3 is 23.9 Å². The summed E-state index contributed by atoms with van der Waals surface area (Å²) >= 11 is 1.69. The van der Waals surface area contributed by atoms with Gasteiger partial charge in [-0.1, -0.05) is 0 Å². The van der Waals surface area contributed by atoms with E-state index in [2.05, 4.69) is 3.71 Å². The first-order valence-electron chi connectivity index (χ1n) is 0.988. The van der Waals surface area contributed by atoms with E-state index in [1.165, 1.54) is 0 Å². The first-order chi connectivity index (χ1) is 2.27. The van der Waals surface area contributed by atoms with Crippen LogP contribution >= 0.6 is 0 Å². The van der Waals surface area contributed by atoms with Crippen LogP contribution in [0.2, 0.25) is 0 Å². The maximum atomic E-state index is 7.67. The van der Waals surface area contributed by atoms with Crippen molar-refractivity contribution in [3.05, 3.63) is 0 Å². The van der Waals surface area contributed by atoms with Crippen LogP contribution in [0.3, 0.4) is 0 Å². The van der Waals surface area contributed by atoms with E-state index in [-0.39, 0.29) is 0 Å². The topological polar surface area (TPSA) is 49.7 Å². The van der Waals surface area contributed by atoms with Gasteiger partial charge < -0.3 is 13.8 Å². The fourth-order valence-electron chi connectivity index (χ4n) is 0. The molecule has 5 heteroatoms. The predicted molar refractivity (Wildman–Crippen MR) is 17.0 cm³/mol. The first kappa shape index (κ1) is 5.48. The minimum atomic E-state index is -1.65. The van der Waals surface area contributed by atoms with Crippen molar-refractivity contribution in [1.29, 1.82) is 0 Å². The fraction of sp³-hybridized carbons (Fsp3) is 0. The van der Waals surface area contributed by atoms with Crippen molar-refractivity contribution >= 4 is 23.9 Å². The molecule has 0 fully saturated rings. The molecule has 0 bridgehead atoms. The lowest BCUT2D eigenvalue weighted by Crippen LogP contribution is -2.13. The summed E-state index contributed by atoms with van der Waals surface area (Å²) in [4.78, 5) is 0. The summed E-state index contributed by atoms with van der Waals surface area (Å²) in [6.45, 7) is 0. The molecule has 5 heavy (non-hydrogen) atoms. The van der Waals surface area contributed by atoms with Crippen LogP contribution in [0.25, 0.3) is 0 Å². The highest BCUT2D eigenvalue weighted by atomic mass is 27.1. The summed E-state index contributed by atoms with van der Waals surface area (Å²) in [7, 11) is -1.65. The van der Waals surface area contributed by atoms with E-state index in [1.807, 2.05) is 0 Å². The Morgan fingerprint density at radius 2 is 1.80 bits per heavy atom. The minimum absolute atomic E-state index is 1.65. The third-order valence-electron chi connectivity index (χ3n) is 0.122. The lowest BCUT2D eigenvalue weighted by molar-refractivity contribution is 0.299. The zero-order valence-corrected chi connectivity index (χ0v) is 3.61. The zero-order chi connectivity index (χ0) is 4.28. The summed E-state index contributed by atoms with van der Waals surface area (Å²) in [5, 5.41) is 15.3. The molecule has 0 aliphatic carbocycles. The molecule has 0 saturated carbocycles. The Kier molecular flexibility index (Phi) is 2.96. The molecule has 0 unspecified atom stereocenters. The van der Waals surface area contributed by atoms with Crippen molar-refractivity contribution in [2.24, 2.45) is 0 Å². The number of hydrogen-bond acceptors (Lipinski definition) is 3. The minimum Gasteiger partial charge on any atom is -0.531 e. The SMILES string of the molecule is OB(O)[O][Al]. The van der Waals surface area contributed by atoms with Gasteiger partial charge in [-0.3, -0.25) is 0 Å². The molecule has 0 aromatic rings. The van der Waals surface area contributed by atoms with Gasteiger partial charge in [0.2, 0.25) is 0 Å². The Bertz CT molecular complexity index is 20.9. The summed E-state index contributed by atoms with van der Waals surface area (Å²) in [6.07, 6.45) is 0. The van der Waals surface area contributed by atoms with Crippen molar-refractivity contribution < 1.29 is 13.8 Å². The van der Waals surface area contributed by atoms with Gasteiger partial charge in [-0.05, 0) is 0 Å². The van der Waals surface area contributed by atoms with Gasteiger partial charge in [0.1, 0.15) is 0 Å². The second-order valence-electron chi connectivity index (χ2n) is 0.462. The molecule has 0 heterocycles. The number of rotatable bonds is 1. The molecular formula is H2AlBO3. The van der Waals surface area contributed by atoms with Crippen LogP contribution in [0.15, 0.2) is 0 Å². The highest BCUT2D eigenvalue weighted by Crippen LogP contribution is 1.58. The van der Waals surface area contributed by atoms with E-state index < -0.39 is 7.32 Å². The van der Waals surface area contributed by atoms with Crippen molar-refractivity contribution in [1.82, 2.24) is 0 Å². The highest BCUT2D eigenvalue weighted by molar-refractivity contribution is 6.38. The molecule has 2 N–H and O–H groups in total. The standard InChI is InChI=1S/Al.BH2O3/c;2-1(3)4/h;2-3H/q+1;-1. The maximum absolute atomic E-state index is 7.67. The van der Waals surface area contributed by atoms with Crippen LogP contribution in [-0.4, -0.2) is 34.0 Å². The maximum Gasteiger partial charge on any atom is 0.602 e. The Morgan fingerprint density at radius 3 is 1.80 bits per heavy atom. The monoisotopic (exact) mass is 88.0 g/mol. The summed E-state index contributed by atoms with van der Waals surface area (Å²) in [6, 6.07) is 0. The molecular weight excluding hydrogens is 85.8 g/mol. The van der Waals surface area contributed by atoms with E-state index in [0.717, 1.165) is 0 Å². The van der Waals surface area contributed by atoms with Crippen LogP contribution in [0.1, 0.15) is 0 Å². The van der Waals surface area contributed by atoms with E-state index in [4.69, 9.17) is 10.0 Å². The highest BCUT2D eigenvalue weighted by Gasteiger charge is 1.97. The average Bonchev–Trinajstić information content (AvgIpc) is 1.38. The second-order valence-corrected chi connectivity index (χ2v) is 0.735. The van der Waals surface area contributed by atoms with Crippen LogP contribution in [0.5, 0.6) is 0 Å². The quantitative estimate of drug-likeness (QED) is 0.366. The smallest absolute Gasteiger partial charge is 0.531 e. The second kappa shape index (κ2) is 2.70. The lowest BCUT2D eigenvalue weighted by Gasteiger charge is -1.87. The lowest BCUT2D eigenvalue weighted by atomic mass is 10.3. The summed E-state index contributed by atoms with van der Waals surface area (Å²) < 4.78 is 3.78. The van der Waals surface area contributed by atoms with Gasteiger partial charge in [0.15, 0.2) is 0 Å². The Labute approximate surface area is 38.5 Å². The largest absolute Gasteiger partial charge is 0.602 e. The van der Waals surface area contributed by atoms with Crippen LogP contribution in [0, 0.1) is 0 Å². The molecule has 3 nitrogen and oxygen atoms in total. The van der Waals surface area contributed by atoms with Crippen molar-refractivity contribution in [3.8, 4) is 0 Å². The Morgan fingerprint density at radius 1 is 1.60 bits per heavy atom. The van der Waals surface area contributed by atoms with Crippen molar-refractivity contribution in [3.63, 3.8) is 0 Å².